The molecule has 0 radical (unpaired) electrons. The van der Waals surface area contributed by atoms with Gasteiger partial charge in [0.25, 0.3) is 0 Å². The van der Waals surface area contributed by atoms with Gasteiger partial charge in [0.1, 0.15) is 6.54 Å². The second-order valence-electron chi connectivity index (χ2n) is 5.43. The summed E-state index contributed by atoms with van der Waals surface area (Å²) in [5, 5.41) is 2.84. The van der Waals surface area contributed by atoms with Gasteiger partial charge in [-0.25, -0.2) is 0 Å². The molecule has 2 amide bonds. The fraction of sp³-hybridized carbons (Fsp3) is 0.467. The third-order valence-corrected chi connectivity index (χ3v) is 3.69. The number of carbonyl (C=O) groups is 2. The standard InChI is InChI=1S/C15H20N2O2/c1-10(2)11(3)15(19)17-8-12-6-4-5-7-13(12)16-14(18)9-17/h4-7,10-11H,8-9H2,1-3H3,(H,16,18). The molecule has 0 bridgehead atoms. The molecule has 0 spiro atoms. The molecule has 1 N–H and O–H groups in total. The molecule has 1 unspecified atom stereocenters. The number of fused-ring (bicyclic) bond motifs is 1. The summed E-state index contributed by atoms with van der Waals surface area (Å²) in [6, 6.07) is 7.62. The van der Waals surface area contributed by atoms with Crippen molar-refractivity contribution in [3.8, 4) is 0 Å². The molecule has 0 aliphatic carbocycles. The third kappa shape index (κ3) is 2.95. The number of anilines is 1. The molecule has 0 aromatic heterocycles. The normalized spacial score (nSPS) is 16.6. The van der Waals surface area contributed by atoms with E-state index in [9.17, 15) is 9.59 Å². The van der Waals surface area contributed by atoms with Crippen molar-refractivity contribution >= 4 is 17.5 Å². The van der Waals surface area contributed by atoms with Gasteiger partial charge in [-0.15, -0.1) is 0 Å². The van der Waals surface area contributed by atoms with Crippen molar-refractivity contribution in [3.63, 3.8) is 0 Å². The molecule has 1 heterocycles. The summed E-state index contributed by atoms with van der Waals surface area (Å²) in [7, 11) is 0. The number of hydrogen-bond donors (Lipinski definition) is 1. The van der Waals surface area contributed by atoms with Gasteiger partial charge in [-0.3, -0.25) is 9.59 Å². The average Bonchev–Trinajstić information content (AvgIpc) is 2.54. The number of rotatable bonds is 2. The highest BCUT2D eigenvalue weighted by molar-refractivity contribution is 5.96. The van der Waals surface area contributed by atoms with Crippen LogP contribution < -0.4 is 5.32 Å². The smallest absolute Gasteiger partial charge is 0.244 e. The largest absolute Gasteiger partial charge is 0.329 e. The molecule has 1 aromatic carbocycles. The van der Waals surface area contributed by atoms with E-state index in [1.54, 1.807) is 4.90 Å². The molecule has 4 nitrogen and oxygen atoms in total. The maximum atomic E-state index is 12.4. The Labute approximate surface area is 113 Å². The predicted molar refractivity (Wildman–Crippen MR) is 74.5 cm³/mol. The molecule has 0 saturated carbocycles. The first kappa shape index (κ1) is 13.6. The third-order valence-electron chi connectivity index (χ3n) is 3.69. The van der Waals surface area contributed by atoms with Crippen LogP contribution in [-0.2, 0) is 16.1 Å². The quantitative estimate of drug-likeness (QED) is 0.886. The Morgan fingerprint density at radius 1 is 1.21 bits per heavy atom. The molecule has 1 atom stereocenters. The number of para-hydroxylation sites is 1. The van der Waals surface area contributed by atoms with E-state index < -0.39 is 0 Å². The summed E-state index contributed by atoms with van der Waals surface area (Å²) in [6.45, 7) is 6.58. The summed E-state index contributed by atoms with van der Waals surface area (Å²) < 4.78 is 0. The Balaban J connectivity index is 2.24. The predicted octanol–water partition coefficient (Wildman–Crippen LogP) is 2.26. The van der Waals surface area contributed by atoms with Gasteiger partial charge in [-0.2, -0.15) is 0 Å². The van der Waals surface area contributed by atoms with Crippen LogP contribution in [0, 0.1) is 11.8 Å². The summed E-state index contributed by atoms with van der Waals surface area (Å²) in [6.07, 6.45) is 0. The van der Waals surface area contributed by atoms with Crippen LogP contribution >= 0.6 is 0 Å². The lowest BCUT2D eigenvalue weighted by Gasteiger charge is -2.25. The maximum absolute atomic E-state index is 12.4. The van der Waals surface area contributed by atoms with Gasteiger partial charge in [-0.05, 0) is 17.5 Å². The summed E-state index contributed by atoms with van der Waals surface area (Å²) >= 11 is 0. The van der Waals surface area contributed by atoms with Gasteiger partial charge in [0.15, 0.2) is 0 Å². The van der Waals surface area contributed by atoms with Gasteiger partial charge < -0.3 is 10.2 Å². The lowest BCUT2D eigenvalue weighted by atomic mass is 9.96. The zero-order chi connectivity index (χ0) is 14.0. The van der Waals surface area contributed by atoms with Crippen LogP contribution in [0.4, 0.5) is 5.69 Å². The van der Waals surface area contributed by atoms with Crippen LogP contribution in [0.2, 0.25) is 0 Å². The van der Waals surface area contributed by atoms with Gasteiger partial charge >= 0.3 is 0 Å². The highest BCUT2D eigenvalue weighted by Gasteiger charge is 2.27. The first-order valence-electron chi connectivity index (χ1n) is 6.65. The number of nitrogens with zero attached hydrogens (tertiary/aromatic N) is 1. The number of hydrogen-bond acceptors (Lipinski definition) is 2. The second kappa shape index (κ2) is 5.43. The lowest BCUT2D eigenvalue weighted by Crippen LogP contribution is -2.39. The molecule has 19 heavy (non-hydrogen) atoms. The number of benzene rings is 1. The minimum absolute atomic E-state index is 0.0434. The SMILES string of the molecule is CC(C)C(C)C(=O)N1CC(=O)Nc2ccccc2C1. The van der Waals surface area contributed by atoms with Gasteiger partial charge in [0.2, 0.25) is 11.8 Å². The second-order valence-corrected chi connectivity index (χ2v) is 5.43. The number of amides is 2. The van der Waals surface area contributed by atoms with Crippen molar-refractivity contribution in [3.05, 3.63) is 29.8 Å². The van der Waals surface area contributed by atoms with E-state index in [0.29, 0.717) is 6.54 Å². The molecule has 0 saturated heterocycles. The molecular weight excluding hydrogens is 240 g/mol. The Morgan fingerprint density at radius 3 is 2.58 bits per heavy atom. The van der Waals surface area contributed by atoms with Crippen LogP contribution in [0.15, 0.2) is 24.3 Å². The highest BCUT2D eigenvalue weighted by Crippen LogP contribution is 2.22. The Kier molecular flexibility index (Phi) is 3.88. The van der Waals surface area contributed by atoms with Gasteiger partial charge in [0.05, 0.1) is 0 Å². The molecular formula is C15H20N2O2. The van der Waals surface area contributed by atoms with Crippen LogP contribution in [-0.4, -0.2) is 23.3 Å². The van der Waals surface area contributed by atoms with Gasteiger partial charge in [0, 0.05) is 18.2 Å². The molecule has 4 heteroatoms. The van der Waals surface area contributed by atoms with Crippen LogP contribution in [0.5, 0.6) is 0 Å². The van der Waals surface area contributed by atoms with Crippen molar-refractivity contribution in [2.24, 2.45) is 11.8 Å². The molecule has 0 fully saturated rings. The lowest BCUT2D eigenvalue weighted by molar-refractivity contribution is -0.139. The van der Waals surface area contributed by atoms with Crippen molar-refractivity contribution in [1.82, 2.24) is 4.90 Å². The van der Waals surface area contributed by atoms with Crippen molar-refractivity contribution in [2.75, 3.05) is 11.9 Å². The van der Waals surface area contributed by atoms with E-state index in [-0.39, 0.29) is 30.2 Å². The highest BCUT2D eigenvalue weighted by atomic mass is 16.2. The molecule has 1 aromatic rings. The zero-order valence-corrected chi connectivity index (χ0v) is 11.6. The van der Waals surface area contributed by atoms with E-state index in [0.717, 1.165) is 11.3 Å². The van der Waals surface area contributed by atoms with Crippen LogP contribution in [0.25, 0.3) is 0 Å². The topological polar surface area (TPSA) is 49.4 Å². The van der Waals surface area contributed by atoms with Crippen molar-refractivity contribution < 1.29 is 9.59 Å². The Morgan fingerprint density at radius 2 is 1.89 bits per heavy atom. The van der Waals surface area contributed by atoms with E-state index in [2.05, 4.69) is 5.32 Å². The monoisotopic (exact) mass is 260 g/mol. The summed E-state index contributed by atoms with van der Waals surface area (Å²) in [4.78, 5) is 25.9. The summed E-state index contributed by atoms with van der Waals surface area (Å²) in [5.41, 5.74) is 1.79. The van der Waals surface area contributed by atoms with Crippen molar-refractivity contribution in [1.29, 1.82) is 0 Å². The van der Waals surface area contributed by atoms with E-state index in [1.165, 1.54) is 0 Å². The minimum Gasteiger partial charge on any atom is -0.329 e. The first-order valence-corrected chi connectivity index (χ1v) is 6.65. The number of carbonyl (C=O) groups excluding carboxylic acids is 2. The van der Waals surface area contributed by atoms with Gasteiger partial charge in [-0.1, -0.05) is 39.0 Å². The fourth-order valence-electron chi connectivity index (χ4n) is 2.13. The van der Waals surface area contributed by atoms with E-state index >= 15 is 0 Å². The van der Waals surface area contributed by atoms with Crippen molar-refractivity contribution in [2.45, 2.75) is 27.3 Å². The molecule has 102 valence electrons. The van der Waals surface area contributed by atoms with E-state index in [1.807, 2.05) is 45.0 Å². The molecule has 2 rings (SSSR count). The van der Waals surface area contributed by atoms with E-state index in [4.69, 9.17) is 0 Å². The molecule has 1 aliphatic heterocycles. The first-order chi connectivity index (χ1) is 8.99. The maximum Gasteiger partial charge on any atom is 0.244 e. The molecule has 1 aliphatic rings. The number of nitrogens with one attached hydrogen (secondary N) is 1. The minimum atomic E-state index is -0.130. The Bertz CT molecular complexity index is 497. The zero-order valence-electron chi connectivity index (χ0n) is 11.6. The Hall–Kier alpha value is -1.84. The van der Waals surface area contributed by atoms with Crippen LogP contribution in [0.3, 0.4) is 0 Å². The fourth-order valence-corrected chi connectivity index (χ4v) is 2.13. The van der Waals surface area contributed by atoms with Crippen LogP contribution in [0.1, 0.15) is 26.3 Å². The summed E-state index contributed by atoms with van der Waals surface area (Å²) in [5.74, 6) is 0.114. The average molecular weight is 260 g/mol.